The Balaban J connectivity index is 1.55. The molecule has 7 heteroatoms. The molecule has 2 unspecified atom stereocenters. The monoisotopic (exact) mass is 356 g/mol. The van der Waals surface area contributed by atoms with Crippen LogP contribution in [0.1, 0.15) is 41.3 Å². The minimum absolute atomic E-state index is 0.0896. The molecule has 3 aliphatic heterocycles. The largest absolute Gasteiger partial charge is 0.322 e. The summed E-state index contributed by atoms with van der Waals surface area (Å²) in [6.07, 6.45) is 0.678. The molecular weight excluding hydrogens is 332 g/mol. The van der Waals surface area contributed by atoms with E-state index in [1.54, 1.807) is 4.90 Å². The number of piperidine rings is 1. The van der Waals surface area contributed by atoms with Crippen LogP contribution in [0.5, 0.6) is 0 Å². The maximum absolute atomic E-state index is 13.1. The van der Waals surface area contributed by atoms with Gasteiger partial charge in [0.25, 0.3) is 5.91 Å². The van der Waals surface area contributed by atoms with Crippen molar-refractivity contribution in [1.82, 2.24) is 20.4 Å². The Hall–Kier alpha value is -2.25. The minimum Gasteiger partial charge on any atom is -0.322 e. The number of nitrogens with zero attached hydrogens (tertiary/aromatic N) is 2. The molecule has 26 heavy (non-hydrogen) atoms. The average Bonchev–Trinajstić information content (AvgIpc) is 2.93. The molecular formula is C19H24N4O3. The maximum atomic E-state index is 13.1. The van der Waals surface area contributed by atoms with Crippen molar-refractivity contribution in [2.24, 2.45) is 0 Å². The molecule has 1 aromatic rings. The fourth-order valence-corrected chi connectivity index (χ4v) is 4.22. The van der Waals surface area contributed by atoms with E-state index in [-0.39, 0.29) is 24.1 Å². The van der Waals surface area contributed by atoms with E-state index in [1.165, 1.54) is 0 Å². The maximum Gasteiger partial charge on any atom is 0.255 e. The van der Waals surface area contributed by atoms with Crippen LogP contribution in [0.25, 0.3) is 0 Å². The van der Waals surface area contributed by atoms with Gasteiger partial charge in [-0.05, 0) is 24.5 Å². The smallest absolute Gasteiger partial charge is 0.255 e. The van der Waals surface area contributed by atoms with E-state index < -0.39 is 6.04 Å². The molecule has 3 amide bonds. The molecule has 138 valence electrons. The van der Waals surface area contributed by atoms with Crippen molar-refractivity contribution in [1.29, 1.82) is 0 Å². The van der Waals surface area contributed by atoms with Crippen LogP contribution in [0.3, 0.4) is 0 Å². The zero-order chi connectivity index (χ0) is 18.3. The van der Waals surface area contributed by atoms with E-state index in [9.17, 15) is 14.4 Å². The zero-order valence-corrected chi connectivity index (χ0v) is 15.0. The van der Waals surface area contributed by atoms with Gasteiger partial charge in [-0.25, -0.2) is 0 Å². The molecule has 1 aromatic carbocycles. The Bertz CT molecular complexity index is 763. The fourth-order valence-electron chi connectivity index (χ4n) is 4.22. The van der Waals surface area contributed by atoms with Crippen LogP contribution in [0.4, 0.5) is 0 Å². The van der Waals surface area contributed by atoms with Gasteiger partial charge in [0.1, 0.15) is 6.04 Å². The lowest BCUT2D eigenvalue weighted by molar-refractivity contribution is -0.136. The summed E-state index contributed by atoms with van der Waals surface area (Å²) >= 11 is 0. The third-order valence-electron chi connectivity index (χ3n) is 5.49. The van der Waals surface area contributed by atoms with Gasteiger partial charge in [0, 0.05) is 50.7 Å². The van der Waals surface area contributed by atoms with Crippen LogP contribution in [0.2, 0.25) is 0 Å². The average molecular weight is 356 g/mol. The molecule has 0 saturated carbocycles. The third kappa shape index (κ3) is 3.12. The van der Waals surface area contributed by atoms with Crippen molar-refractivity contribution in [2.75, 3.05) is 19.6 Å². The lowest BCUT2D eigenvalue weighted by Crippen LogP contribution is -2.52. The Morgan fingerprint density at radius 3 is 2.85 bits per heavy atom. The predicted molar refractivity (Wildman–Crippen MR) is 95.2 cm³/mol. The number of imide groups is 1. The molecule has 0 radical (unpaired) electrons. The molecule has 0 spiro atoms. The standard InChI is InChI=1S/C19H24N4O3/c1-12-9-22(8-7-20-12)10-13-3-2-4-14-11-23(19(26)17(13)14)15-5-6-16(24)21-18(15)25/h2-4,12,15,20H,5-11H2,1H3,(H,21,24,25). The van der Waals surface area contributed by atoms with Crippen LogP contribution >= 0.6 is 0 Å². The number of amides is 3. The van der Waals surface area contributed by atoms with E-state index >= 15 is 0 Å². The number of carbonyl (C=O) groups is 3. The first-order chi connectivity index (χ1) is 12.5. The minimum atomic E-state index is -0.556. The number of carbonyl (C=O) groups excluding carboxylic acids is 3. The van der Waals surface area contributed by atoms with Gasteiger partial charge in [0.05, 0.1) is 0 Å². The summed E-state index contributed by atoms with van der Waals surface area (Å²) in [7, 11) is 0. The summed E-state index contributed by atoms with van der Waals surface area (Å²) in [5.74, 6) is -0.711. The van der Waals surface area contributed by atoms with Crippen LogP contribution < -0.4 is 10.6 Å². The summed E-state index contributed by atoms with van der Waals surface area (Å²) in [4.78, 5) is 40.6. The second kappa shape index (κ2) is 6.81. The fraction of sp³-hybridized carbons (Fsp3) is 0.526. The second-order valence-corrected chi connectivity index (χ2v) is 7.44. The number of hydrogen-bond acceptors (Lipinski definition) is 5. The molecule has 2 saturated heterocycles. The molecule has 4 rings (SSSR count). The van der Waals surface area contributed by atoms with Crippen molar-refractivity contribution in [3.8, 4) is 0 Å². The number of hydrogen-bond donors (Lipinski definition) is 2. The van der Waals surface area contributed by atoms with Gasteiger partial charge in [-0.3, -0.25) is 24.6 Å². The number of benzene rings is 1. The number of piperazine rings is 1. The molecule has 2 atom stereocenters. The van der Waals surface area contributed by atoms with Gasteiger partial charge in [-0.2, -0.15) is 0 Å². The van der Waals surface area contributed by atoms with Gasteiger partial charge < -0.3 is 10.2 Å². The highest BCUT2D eigenvalue weighted by atomic mass is 16.2. The third-order valence-corrected chi connectivity index (χ3v) is 5.49. The Morgan fingerprint density at radius 1 is 1.23 bits per heavy atom. The van der Waals surface area contributed by atoms with E-state index in [1.807, 2.05) is 18.2 Å². The van der Waals surface area contributed by atoms with Gasteiger partial charge in [0.2, 0.25) is 11.8 Å². The van der Waals surface area contributed by atoms with Crippen molar-refractivity contribution >= 4 is 17.7 Å². The summed E-state index contributed by atoms with van der Waals surface area (Å²) in [5.41, 5.74) is 2.74. The van der Waals surface area contributed by atoms with Crippen LogP contribution in [0, 0.1) is 0 Å². The quantitative estimate of drug-likeness (QED) is 0.759. The molecule has 0 aromatic heterocycles. The normalized spacial score (nSPS) is 26.8. The van der Waals surface area contributed by atoms with Gasteiger partial charge in [0.15, 0.2) is 0 Å². The van der Waals surface area contributed by atoms with Gasteiger partial charge in [-0.1, -0.05) is 18.2 Å². The molecule has 2 fully saturated rings. The van der Waals surface area contributed by atoms with Crippen molar-refractivity contribution in [3.63, 3.8) is 0 Å². The molecule has 0 bridgehead atoms. The lowest BCUT2D eigenvalue weighted by atomic mass is 10.0. The number of nitrogens with one attached hydrogen (secondary N) is 2. The Labute approximate surface area is 152 Å². The SMILES string of the molecule is CC1CN(Cc2cccc3c2C(=O)N(C2CCC(=O)NC2=O)C3)CCN1. The number of rotatable bonds is 3. The van der Waals surface area contributed by atoms with Gasteiger partial charge >= 0.3 is 0 Å². The lowest BCUT2D eigenvalue weighted by Gasteiger charge is -2.32. The second-order valence-electron chi connectivity index (χ2n) is 7.44. The summed E-state index contributed by atoms with van der Waals surface area (Å²) < 4.78 is 0. The van der Waals surface area contributed by atoms with Crippen molar-refractivity contribution in [2.45, 2.75) is 44.9 Å². The first kappa shape index (κ1) is 17.2. The Morgan fingerprint density at radius 2 is 2.08 bits per heavy atom. The van der Waals surface area contributed by atoms with Crippen molar-refractivity contribution < 1.29 is 14.4 Å². The molecule has 0 aliphatic carbocycles. The van der Waals surface area contributed by atoms with Crippen LogP contribution in [-0.4, -0.2) is 59.2 Å². The predicted octanol–water partition coefficient (Wildman–Crippen LogP) is 0.241. The first-order valence-corrected chi connectivity index (χ1v) is 9.24. The molecule has 3 heterocycles. The van der Waals surface area contributed by atoms with E-state index in [0.29, 0.717) is 19.0 Å². The van der Waals surface area contributed by atoms with Crippen LogP contribution in [-0.2, 0) is 22.7 Å². The summed E-state index contributed by atoms with van der Waals surface area (Å²) in [6, 6.07) is 5.84. The summed E-state index contributed by atoms with van der Waals surface area (Å²) in [6.45, 7) is 6.20. The molecule has 7 nitrogen and oxygen atoms in total. The highest BCUT2D eigenvalue weighted by Crippen LogP contribution is 2.30. The molecule has 3 aliphatic rings. The first-order valence-electron chi connectivity index (χ1n) is 9.24. The highest BCUT2D eigenvalue weighted by molar-refractivity contribution is 6.05. The zero-order valence-electron chi connectivity index (χ0n) is 15.0. The summed E-state index contributed by atoms with van der Waals surface area (Å²) in [5, 5.41) is 5.78. The van der Waals surface area contributed by atoms with E-state index in [0.717, 1.165) is 42.9 Å². The molecule has 2 N–H and O–H groups in total. The van der Waals surface area contributed by atoms with E-state index in [4.69, 9.17) is 0 Å². The van der Waals surface area contributed by atoms with Crippen LogP contribution in [0.15, 0.2) is 18.2 Å². The highest BCUT2D eigenvalue weighted by Gasteiger charge is 2.40. The Kier molecular flexibility index (Phi) is 4.50. The van der Waals surface area contributed by atoms with Crippen molar-refractivity contribution in [3.05, 3.63) is 34.9 Å². The number of fused-ring (bicyclic) bond motifs is 1. The van der Waals surface area contributed by atoms with E-state index in [2.05, 4.69) is 22.5 Å². The van der Waals surface area contributed by atoms with Gasteiger partial charge in [-0.15, -0.1) is 0 Å². The topological polar surface area (TPSA) is 81.8 Å².